The molecular weight excluding hydrogens is 356 g/mol. The van der Waals surface area contributed by atoms with Crippen LogP contribution in [0.5, 0.6) is 5.75 Å². The van der Waals surface area contributed by atoms with Gasteiger partial charge in [-0.15, -0.1) is 0 Å². The van der Waals surface area contributed by atoms with Gasteiger partial charge >= 0.3 is 0 Å². The van der Waals surface area contributed by atoms with Gasteiger partial charge in [0.25, 0.3) is 0 Å². The summed E-state index contributed by atoms with van der Waals surface area (Å²) in [5.74, 6) is 0.876. The van der Waals surface area contributed by atoms with Crippen molar-refractivity contribution < 1.29 is 14.6 Å². The molecule has 2 aromatic rings. The quantitative estimate of drug-likeness (QED) is 0.736. The highest BCUT2D eigenvalue weighted by Gasteiger charge is 2.37. The SMILES string of the molecule is O[C@@]1(CN2CCOCC2)CCN(Cc2ccc(OCCn3cccn3)cc2)C1. The zero-order chi connectivity index (χ0) is 19.2. The fraction of sp³-hybridized carbons (Fsp3) is 0.571. The summed E-state index contributed by atoms with van der Waals surface area (Å²) in [5, 5.41) is 15.1. The average Bonchev–Trinajstić information content (AvgIpc) is 3.34. The second kappa shape index (κ2) is 9.05. The monoisotopic (exact) mass is 386 g/mol. The Balaban J connectivity index is 1.22. The molecule has 0 radical (unpaired) electrons. The molecule has 2 aliphatic heterocycles. The van der Waals surface area contributed by atoms with Gasteiger partial charge in [-0.25, -0.2) is 0 Å². The van der Waals surface area contributed by atoms with E-state index >= 15 is 0 Å². The largest absolute Gasteiger partial charge is 0.492 e. The number of aliphatic hydroxyl groups is 1. The van der Waals surface area contributed by atoms with Crippen LogP contribution in [-0.2, 0) is 17.8 Å². The molecule has 152 valence electrons. The van der Waals surface area contributed by atoms with Gasteiger partial charge in [0.15, 0.2) is 0 Å². The number of hydrogen-bond donors (Lipinski definition) is 1. The van der Waals surface area contributed by atoms with Crippen LogP contribution >= 0.6 is 0 Å². The Morgan fingerprint density at radius 1 is 1.11 bits per heavy atom. The second-order valence-corrected chi connectivity index (χ2v) is 7.84. The van der Waals surface area contributed by atoms with Crippen LogP contribution in [0.25, 0.3) is 0 Å². The molecule has 0 amide bonds. The van der Waals surface area contributed by atoms with E-state index in [1.54, 1.807) is 6.20 Å². The van der Waals surface area contributed by atoms with Crippen molar-refractivity contribution in [3.63, 3.8) is 0 Å². The molecule has 7 nitrogen and oxygen atoms in total. The van der Waals surface area contributed by atoms with Gasteiger partial charge in [-0.3, -0.25) is 14.5 Å². The highest BCUT2D eigenvalue weighted by Crippen LogP contribution is 2.25. The summed E-state index contributed by atoms with van der Waals surface area (Å²) in [6.45, 7) is 8.00. The number of benzene rings is 1. The smallest absolute Gasteiger partial charge is 0.119 e. The summed E-state index contributed by atoms with van der Waals surface area (Å²) in [4.78, 5) is 4.66. The van der Waals surface area contributed by atoms with Gasteiger partial charge in [-0.2, -0.15) is 5.10 Å². The van der Waals surface area contributed by atoms with E-state index in [0.717, 1.165) is 71.2 Å². The summed E-state index contributed by atoms with van der Waals surface area (Å²) in [5.41, 5.74) is 0.641. The number of likely N-dealkylation sites (tertiary alicyclic amines) is 1. The van der Waals surface area contributed by atoms with Crippen LogP contribution in [0.15, 0.2) is 42.7 Å². The molecule has 0 saturated carbocycles. The van der Waals surface area contributed by atoms with E-state index in [1.807, 2.05) is 29.1 Å². The Labute approximate surface area is 166 Å². The lowest BCUT2D eigenvalue weighted by Gasteiger charge is -2.33. The third kappa shape index (κ3) is 5.32. The van der Waals surface area contributed by atoms with E-state index in [2.05, 4.69) is 27.0 Å². The summed E-state index contributed by atoms with van der Waals surface area (Å²) >= 11 is 0. The molecule has 2 fully saturated rings. The highest BCUT2D eigenvalue weighted by molar-refractivity contribution is 5.27. The van der Waals surface area contributed by atoms with Gasteiger partial charge in [0.2, 0.25) is 0 Å². The molecule has 2 saturated heterocycles. The predicted molar refractivity (Wildman–Crippen MR) is 106 cm³/mol. The third-order valence-corrected chi connectivity index (χ3v) is 5.51. The van der Waals surface area contributed by atoms with E-state index in [4.69, 9.17) is 9.47 Å². The normalized spacial score (nSPS) is 23.9. The van der Waals surface area contributed by atoms with Crippen LogP contribution in [0.3, 0.4) is 0 Å². The fourth-order valence-corrected chi connectivity index (χ4v) is 4.02. The van der Waals surface area contributed by atoms with E-state index in [0.29, 0.717) is 6.61 Å². The molecule has 4 rings (SSSR count). The minimum Gasteiger partial charge on any atom is -0.492 e. The first-order chi connectivity index (χ1) is 13.7. The first kappa shape index (κ1) is 19.4. The number of rotatable bonds is 8. The predicted octanol–water partition coefficient (Wildman–Crippen LogP) is 1.23. The van der Waals surface area contributed by atoms with Crippen molar-refractivity contribution in [1.29, 1.82) is 0 Å². The van der Waals surface area contributed by atoms with Crippen LogP contribution in [0, 0.1) is 0 Å². The third-order valence-electron chi connectivity index (χ3n) is 5.51. The number of morpholine rings is 1. The molecular formula is C21H30N4O3. The number of hydrogen-bond acceptors (Lipinski definition) is 6. The Morgan fingerprint density at radius 3 is 2.68 bits per heavy atom. The molecule has 1 N–H and O–H groups in total. The zero-order valence-electron chi connectivity index (χ0n) is 16.4. The summed E-state index contributed by atoms with van der Waals surface area (Å²) in [6, 6.07) is 10.2. The Morgan fingerprint density at radius 2 is 1.93 bits per heavy atom. The Bertz CT molecular complexity index is 716. The van der Waals surface area contributed by atoms with Crippen molar-refractivity contribution >= 4 is 0 Å². The first-order valence-electron chi connectivity index (χ1n) is 10.1. The van der Waals surface area contributed by atoms with Crippen LogP contribution in [0.2, 0.25) is 0 Å². The Kier molecular flexibility index (Phi) is 6.26. The minimum absolute atomic E-state index is 0.599. The molecule has 0 spiro atoms. The first-order valence-corrected chi connectivity index (χ1v) is 10.1. The van der Waals surface area contributed by atoms with Crippen molar-refractivity contribution in [1.82, 2.24) is 19.6 Å². The van der Waals surface area contributed by atoms with E-state index in [9.17, 15) is 5.11 Å². The van der Waals surface area contributed by atoms with E-state index in [-0.39, 0.29) is 0 Å². The zero-order valence-corrected chi connectivity index (χ0v) is 16.4. The van der Waals surface area contributed by atoms with Crippen LogP contribution in [0.4, 0.5) is 0 Å². The molecule has 28 heavy (non-hydrogen) atoms. The highest BCUT2D eigenvalue weighted by atomic mass is 16.5. The fourth-order valence-electron chi connectivity index (χ4n) is 4.02. The standard InChI is InChI=1S/C21H30N4O3/c26-21(17-23-10-13-27-14-11-23)6-9-24(18-21)16-19-2-4-20(5-3-19)28-15-12-25-8-1-7-22-25/h1-5,7-8,26H,6,9-18H2/t21-/m1/s1. The number of aromatic nitrogens is 2. The van der Waals surface area contributed by atoms with Crippen molar-refractivity contribution in [2.75, 3.05) is 52.5 Å². The second-order valence-electron chi connectivity index (χ2n) is 7.84. The lowest BCUT2D eigenvalue weighted by Crippen LogP contribution is -2.48. The van der Waals surface area contributed by atoms with Crippen molar-refractivity contribution in [2.45, 2.75) is 25.1 Å². The molecule has 3 heterocycles. The number of nitrogens with zero attached hydrogens (tertiary/aromatic N) is 4. The lowest BCUT2D eigenvalue weighted by atomic mass is 10.0. The number of ether oxygens (including phenoxy) is 2. The average molecular weight is 386 g/mol. The van der Waals surface area contributed by atoms with Gasteiger partial charge in [-0.05, 0) is 30.2 Å². The van der Waals surface area contributed by atoms with Gasteiger partial charge in [0, 0.05) is 51.7 Å². The Hall–Kier alpha value is -1.93. The molecule has 0 bridgehead atoms. The minimum atomic E-state index is -0.604. The van der Waals surface area contributed by atoms with Gasteiger partial charge in [0.05, 0.1) is 25.4 Å². The molecule has 0 aliphatic carbocycles. The molecule has 2 aliphatic rings. The van der Waals surface area contributed by atoms with Crippen molar-refractivity contribution in [3.05, 3.63) is 48.3 Å². The van der Waals surface area contributed by atoms with Gasteiger partial charge in [-0.1, -0.05) is 12.1 Å². The summed E-state index contributed by atoms with van der Waals surface area (Å²) in [7, 11) is 0. The van der Waals surface area contributed by atoms with Crippen LogP contribution in [-0.4, -0.2) is 82.8 Å². The van der Waals surface area contributed by atoms with E-state index < -0.39 is 5.60 Å². The van der Waals surface area contributed by atoms with Gasteiger partial charge < -0.3 is 14.6 Å². The number of β-amino-alcohol motifs (C(OH)–C–C–N with tert-alkyl or cyclic N) is 1. The molecule has 1 aromatic carbocycles. The maximum absolute atomic E-state index is 11.0. The van der Waals surface area contributed by atoms with Crippen molar-refractivity contribution in [3.8, 4) is 5.75 Å². The van der Waals surface area contributed by atoms with Crippen molar-refractivity contribution in [2.24, 2.45) is 0 Å². The van der Waals surface area contributed by atoms with Crippen LogP contribution in [0.1, 0.15) is 12.0 Å². The molecule has 1 atom stereocenters. The van der Waals surface area contributed by atoms with Crippen LogP contribution < -0.4 is 4.74 Å². The lowest BCUT2D eigenvalue weighted by molar-refractivity contribution is -0.0266. The topological polar surface area (TPSA) is 63.0 Å². The molecule has 1 aromatic heterocycles. The molecule has 7 heteroatoms. The maximum Gasteiger partial charge on any atom is 0.119 e. The molecule has 0 unspecified atom stereocenters. The summed E-state index contributed by atoms with van der Waals surface area (Å²) in [6.07, 6.45) is 4.54. The van der Waals surface area contributed by atoms with Gasteiger partial charge in [0.1, 0.15) is 12.4 Å². The van der Waals surface area contributed by atoms with E-state index in [1.165, 1.54) is 5.56 Å². The summed E-state index contributed by atoms with van der Waals surface area (Å²) < 4.78 is 13.1. The maximum atomic E-state index is 11.0.